The fourth-order valence-electron chi connectivity index (χ4n) is 2.06. The standard InChI is InChI=1S/C17H23IN4O5/c1-22(18)13(7-8-14(19)23)17(26)21-9-15(24)20-10-16(25)27-11-12-5-3-2-4-6-12/h2-6,13H,7-11H2,1H3,(H2,19,23)(H,20,24)(H,21,26). The van der Waals surface area contributed by atoms with Crippen LogP contribution in [0.25, 0.3) is 0 Å². The number of hydrogen-bond donors (Lipinski definition) is 3. The van der Waals surface area contributed by atoms with Crippen LogP contribution in [-0.4, -0.2) is 53.0 Å². The van der Waals surface area contributed by atoms with Gasteiger partial charge in [-0.3, -0.25) is 19.2 Å². The Hall–Kier alpha value is -2.21. The van der Waals surface area contributed by atoms with Gasteiger partial charge in [-0.2, -0.15) is 0 Å². The minimum atomic E-state index is -0.596. The minimum Gasteiger partial charge on any atom is -0.460 e. The number of nitrogens with one attached hydrogen (secondary N) is 2. The van der Waals surface area contributed by atoms with Crippen molar-refractivity contribution in [2.45, 2.75) is 25.5 Å². The molecule has 3 amide bonds. The summed E-state index contributed by atoms with van der Waals surface area (Å²) < 4.78 is 6.64. The first-order valence-corrected chi connectivity index (χ1v) is 9.17. The molecule has 1 rings (SSSR count). The summed E-state index contributed by atoms with van der Waals surface area (Å²) in [6, 6.07) is 8.56. The zero-order chi connectivity index (χ0) is 20.2. The highest BCUT2D eigenvalue weighted by Crippen LogP contribution is 2.09. The maximum absolute atomic E-state index is 12.1. The SMILES string of the molecule is CN(I)C(CCC(N)=O)C(=O)NCC(=O)NCC(=O)OCc1ccccc1. The molecule has 1 aromatic rings. The molecule has 1 atom stereocenters. The molecule has 1 aromatic carbocycles. The van der Waals surface area contributed by atoms with Crippen molar-refractivity contribution < 1.29 is 23.9 Å². The quantitative estimate of drug-likeness (QED) is 0.225. The molecule has 0 spiro atoms. The van der Waals surface area contributed by atoms with E-state index in [4.69, 9.17) is 10.5 Å². The van der Waals surface area contributed by atoms with E-state index >= 15 is 0 Å². The van der Waals surface area contributed by atoms with Gasteiger partial charge < -0.3 is 21.1 Å². The Morgan fingerprint density at radius 1 is 1.15 bits per heavy atom. The third kappa shape index (κ3) is 9.89. The van der Waals surface area contributed by atoms with Crippen LogP contribution in [0.3, 0.4) is 0 Å². The molecule has 0 aliphatic rings. The monoisotopic (exact) mass is 490 g/mol. The summed E-state index contributed by atoms with van der Waals surface area (Å²) in [6.45, 7) is -0.461. The summed E-state index contributed by atoms with van der Waals surface area (Å²) in [5, 5.41) is 4.84. The number of esters is 1. The number of primary amides is 1. The van der Waals surface area contributed by atoms with Crippen molar-refractivity contribution in [3.8, 4) is 0 Å². The Morgan fingerprint density at radius 2 is 1.81 bits per heavy atom. The molecular weight excluding hydrogens is 467 g/mol. The maximum Gasteiger partial charge on any atom is 0.325 e. The molecule has 0 radical (unpaired) electrons. The van der Waals surface area contributed by atoms with Gasteiger partial charge in [0.15, 0.2) is 0 Å². The number of halogens is 1. The summed E-state index contributed by atoms with van der Waals surface area (Å²) in [7, 11) is 1.68. The molecule has 0 saturated heterocycles. The third-order valence-electron chi connectivity index (χ3n) is 3.49. The average Bonchev–Trinajstić information content (AvgIpc) is 2.63. The molecular formula is C17H23IN4O5. The van der Waals surface area contributed by atoms with Gasteiger partial charge in [-0.25, -0.2) is 3.11 Å². The van der Waals surface area contributed by atoms with Crippen LogP contribution in [0.4, 0.5) is 0 Å². The molecule has 0 aromatic heterocycles. The van der Waals surface area contributed by atoms with E-state index in [2.05, 4.69) is 10.6 Å². The Balaban J connectivity index is 2.29. The van der Waals surface area contributed by atoms with Crippen LogP contribution in [-0.2, 0) is 30.5 Å². The van der Waals surface area contributed by atoms with Crippen LogP contribution < -0.4 is 16.4 Å². The number of amides is 3. The van der Waals surface area contributed by atoms with Gasteiger partial charge in [0.1, 0.15) is 13.2 Å². The van der Waals surface area contributed by atoms with Gasteiger partial charge in [-0.15, -0.1) is 0 Å². The highest BCUT2D eigenvalue weighted by Gasteiger charge is 2.22. The fraction of sp³-hybridized carbons (Fsp3) is 0.412. The molecule has 9 nitrogen and oxygen atoms in total. The first kappa shape index (κ1) is 22.8. The maximum atomic E-state index is 12.1. The zero-order valence-electron chi connectivity index (χ0n) is 14.9. The van der Waals surface area contributed by atoms with E-state index in [0.717, 1.165) is 5.56 Å². The molecule has 4 N–H and O–H groups in total. The second kappa shape index (κ2) is 12.2. The molecule has 148 valence electrons. The molecule has 0 aliphatic heterocycles. The Bertz CT molecular complexity index is 654. The number of hydrogen-bond acceptors (Lipinski definition) is 6. The second-order valence-electron chi connectivity index (χ2n) is 5.69. The summed E-state index contributed by atoms with van der Waals surface area (Å²) >= 11 is 1.92. The van der Waals surface area contributed by atoms with Gasteiger partial charge in [0, 0.05) is 29.3 Å². The van der Waals surface area contributed by atoms with Gasteiger partial charge in [0.25, 0.3) is 0 Å². The molecule has 1 unspecified atom stereocenters. The van der Waals surface area contributed by atoms with E-state index in [0.29, 0.717) is 0 Å². The molecule has 27 heavy (non-hydrogen) atoms. The molecule has 0 saturated carbocycles. The third-order valence-corrected chi connectivity index (χ3v) is 4.16. The van der Waals surface area contributed by atoms with Crippen LogP contribution >= 0.6 is 22.9 Å². The smallest absolute Gasteiger partial charge is 0.325 e. The lowest BCUT2D eigenvalue weighted by molar-refractivity contribution is -0.145. The number of carbonyl (C=O) groups is 4. The molecule has 0 heterocycles. The first-order chi connectivity index (χ1) is 12.8. The Kier molecular flexibility index (Phi) is 10.3. The second-order valence-corrected chi connectivity index (χ2v) is 7.21. The molecule has 0 aliphatic carbocycles. The van der Waals surface area contributed by atoms with Crippen LogP contribution in [0.15, 0.2) is 30.3 Å². The van der Waals surface area contributed by atoms with Crippen molar-refractivity contribution in [3.05, 3.63) is 35.9 Å². The van der Waals surface area contributed by atoms with Crippen molar-refractivity contribution >= 4 is 46.6 Å². The number of nitrogens with zero attached hydrogens (tertiary/aromatic N) is 1. The fourth-order valence-corrected chi connectivity index (χ4v) is 2.59. The van der Waals surface area contributed by atoms with E-state index in [1.54, 1.807) is 10.2 Å². The predicted octanol–water partition coefficient (Wildman–Crippen LogP) is -0.122. The van der Waals surface area contributed by atoms with E-state index in [1.807, 2.05) is 53.2 Å². The minimum absolute atomic E-state index is 0.0604. The summed E-state index contributed by atoms with van der Waals surface area (Å²) in [5.41, 5.74) is 5.94. The number of benzene rings is 1. The van der Waals surface area contributed by atoms with Gasteiger partial charge in [-0.05, 0) is 19.0 Å². The van der Waals surface area contributed by atoms with E-state index in [-0.39, 0.29) is 32.5 Å². The van der Waals surface area contributed by atoms with Gasteiger partial charge in [0.2, 0.25) is 17.7 Å². The van der Waals surface area contributed by atoms with Crippen LogP contribution in [0.1, 0.15) is 18.4 Å². The average molecular weight is 490 g/mol. The van der Waals surface area contributed by atoms with E-state index < -0.39 is 29.7 Å². The Labute approximate surface area is 171 Å². The van der Waals surface area contributed by atoms with Crippen molar-refractivity contribution in [2.24, 2.45) is 5.73 Å². The van der Waals surface area contributed by atoms with Crippen molar-refractivity contribution in [2.75, 3.05) is 20.1 Å². The molecule has 10 heteroatoms. The number of ether oxygens (including phenoxy) is 1. The topological polar surface area (TPSA) is 131 Å². The zero-order valence-corrected chi connectivity index (χ0v) is 17.1. The lowest BCUT2D eigenvalue weighted by Gasteiger charge is -2.21. The van der Waals surface area contributed by atoms with Crippen LogP contribution in [0.5, 0.6) is 0 Å². The van der Waals surface area contributed by atoms with Crippen LogP contribution in [0.2, 0.25) is 0 Å². The van der Waals surface area contributed by atoms with Gasteiger partial charge >= 0.3 is 5.97 Å². The number of nitrogens with two attached hydrogens (primary N) is 1. The largest absolute Gasteiger partial charge is 0.460 e. The van der Waals surface area contributed by atoms with E-state index in [1.165, 1.54) is 0 Å². The summed E-state index contributed by atoms with van der Waals surface area (Å²) in [5.74, 6) is -2.01. The van der Waals surface area contributed by atoms with Gasteiger partial charge in [-0.1, -0.05) is 30.3 Å². The van der Waals surface area contributed by atoms with Crippen molar-refractivity contribution in [1.29, 1.82) is 0 Å². The highest BCUT2D eigenvalue weighted by atomic mass is 127. The summed E-state index contributed by atoms with van der Waals surface area (Å²) in [4.78, 5) is 46.4. The number of likely N-dealkylation sites (N-methyl/N-ethyl adjacent to an activating group) is 1. The van der Waals surface area contributed by atoms with Crippen molar-refractivity contribution in [1.82, 2.24) is 13.7 Å². The number of rotatable bonds is 11. The molecule has 0 bridgehead atoms. The van der Waals surface area contributed by atoms with Crippen molar-refractivity contribution in [3.63, 3.8) is 0 Å². The summed E-state index contributed by atoms with van der Waals surface area (Å²) in [6.07, 6.45) is 0.304. The van der Waals surface area contributed by atoms with Crippen LogP contribution in [0, 0.1) is 0 Å². The highest BCUT2D eigenvalue weighted by molar-refractivity contribution is 14.1. The molecule has 0 fully saturated rings. The lowest BCUT2D eigenvalue weighted by Crippen LogP contribution is -2.46. The first-order valence-electron chi connectivity index (χ1n) is 8.20. The van der Waals surface area contributed by atoms with Gasteiger partial charge in [0.05, 0.1) is 12.6 Å². The normalized spacial score (nSPS) is 11.5. The van der Waals surface area contributed by atoms with E-state index in [9.17, 15) is 19.2 Å². The lowest BCUT2D eigenvalue weighted by atomic mass is 10.1. The Morgan fingerprint density at radius 3 is 2.41 bits per heavy atom. The number of carbonyl (C=O) groups excluding carboxylic acids is 4. The predicted molar refractivity (Wildman–Crippen MR) is 106 cm³/mol.